The average Bonchev–Trinajstić information content (AvgIpc) is 3.26. The van der Waals surface area contributed by atoms with Gasteiger partial charge in [0.25, 0.3) is 0 Å². The van der Waals surface area contributed by atoms with Crippen molar-refractivity contribution in [2.45, 2.75) is 6.92 Å². The van der Waals surface area contributed by atoms with E-state index in [0.717, 1.165) is 17.2 Å². The molecule has 3 heterocycles. The van der Waals surface area contributed by atoms with Gasteiger partial charge in [-0.2, -0.15) is 0 Å². The molecule has 0 radical (unpaired) electrons. The summed E-state index contributed by atoms with van der Waals surface area (Å²) in [5, 5.41) is 3.55. The number of amides is 2. The van der Waals surface area contributed by atoms with Crippen LogP contribution in [0.4, 0.5) is 16.3 Å². The molecule has 1 fully saturated rings. The zero-order valence-corrected chi connectivity index (χ0v) is 16.2. The molecule has 144 valence electrons. The van der Waals surface area contributed by atoms with Gasteiger partial charge in [-0.25, -0.2) is 19.7 Å². The van der Waals surface area contributed by atoms with Crippen molar-refractivity contribution in [3.05, 3.63) is 59.9 Å². The van der Waals surface area contributed by atoms with Gasteiger partial charge in [-0.05, 0) is 24.6 Å². The Hall–Kier alpha value is -3.13. The molecular formula is C19H20ClN7O. The van der Waals surface area contributed by atoms with E-state index in [-0.39, 0.29) is 6.03 Å². The van der Waals surface area contributed by atoms with Gasteiger partial charge in [0.2, 0.25) is 0 Å². The van der Waals surface area contributed by atoms with Gasteiger partial charge in [0.05, 0.1) is 0 Å². The minimum Gasteiger partial charge on any atom is -0.353 e. The lowest BCUT2D eigenvalue weighted by Gasteiger charge is -2.35. The molecule has 0 saturated carbocycles. The number of piperazine rings is 1. The van der Waals surface area contributed by atoms with Crippen LogP contribution in [0.1, 0.15) is 5.56 Å². The third-order valence-electron chi connectivity index (χ3n) is 4.72. The van der Waals surface area contributed by atoms with Gasteiger partial charge in [0.15, 0.2) is 0 Å². The van der Waals surface area contributed by atoms with Crippen molar-refractivity contribution in [2.75, 3.05) is 36.4 Å². The molecule has 3 aromatic rings. The number of halogens is 1. The molecular weight excluding hydrogens is 378 g/mol. The lowest BCUT2D eigenvalue weighted by molar-refractivity contribution is 0.208. The average molecular weight is 398 g/mol. The fourth-order valence-corrected chi connectivity index (χ4v) is 3.24. The van der Waals surface area contributed by atoms with E-state index in [0.29, 0.717) is 36.9 Å². The number of aryl methyl sites for hydroxylation is 1. The van der Waals surface area contributed by atoms with Crippen LogP contribution in [-0.4, -0.2) is 56.6 Å². The molecule has 28 heavy (non-hydrogen) atoms. The first-order valence-electron chi connectivity index (χ1n) is 8.97. The number of benzene rings is 1. The zero-order valence-electron chi connectivity index (χ0n) is 15.4. The first-order valence-corrected chi connectivity index (χ1v) is 9.35. The van der Waals surface area contributed by atoms with Crippen LogP contribution in [0.15, 0.2) is 49.3 Å². The molecule has 1 saturated heterocycles. The Bertz CT molecular complexity index is 968. The van der Waals surface area contributed by atoms with Gasteiger partial charge in [-0.3, -0.25) is 4.57 Å². The molecule has 0 spiro atoms. The number of hydrogen-bond donors (Lipinski definition) is 1. The van der Waals surface area contributed by atoms with Crippen molar-refractivity contribution in [1.82, 2.24) is 24.4 Å². The highest BCUT2D eigenvalue weighted by Gasteiger charge is 2.22. The second-order valence-corrected chi connectivity index (χ2v) is 6.98. The second-order valence-electron chi connectivity index (χ2n) is 6.57. The smallest absolute Gasteiger partial charge is 0.321 e. The van der Waals surface area contributed by atoms with E-state index >= 15 is 0 Å². The van der Waals surface area contributed by atoms with E-state index in [2.05, 4.69) is 25.2 Å². The number of urea groups is 1. The number of carbonyl (C=O) groups excluding carboxylic acids is 1. The largest absolute Gasteiger partial charge is 0.353 e. The van der Waals surface area contributed by atoms with E-state index in [1.807, 2.05) is 35.9 Å². The van der Waals surface area contributed by atoms with Crippen LogP contribution in [0.2, 0.25) is 5.02 Å². The molecule has 1 aliphatic rings. The van der Waals surface area contributed by atoms with Gasteiger partial charge in [0.1, 0.15) is 24.3 Å². The van der Waals surface area contributed by atoms with Crippen molar-refractivity contribution in [1.29, 1.82) is 0 Å². The van der Waals surface area contributed by atoms with Crippen LogP contribution >= 0.6 is 11.6 Å². The predicted molar refractivity (Wildman–Crippen MR) is 108 cm³/mol. The predicted octanol–water partition coefficient (Wildman–Crippen LogP) is 2.98. The number of aromatic nitrogens is 4. The van der Waals surface area contributed by atoms with Crippen molar-refractivity contribution in [3.8, 4) is 5.82 Å². The summed E-state index contributed by atoms with van der Waals surface area (Å²) in [5.41, 5.74) is 1.68. The summed E-state index contributed by atoms with van der Waals surface area (Å²) in [4.78, 5) is 29.2. The van der Waals surface area contributed by atoms with Crippen molar-refractivity contribution >= 4 is 29.1 Å². The van der Waals surface area contributed by atoms with Gasteiger partial charge in [-0.15, -0.1) is 0 Å². The molecule has 2 amide bonds. The maximum absolute atomic E-state index is 12.5. The fourth-order valence-electron chi connectivity index (χ4n) is 3.06. The quantitative estimate of drug-likeness (QED) is 0.735. The van der Waals surface area contributed by atoms with Crippen LogP contribution in [0, 0.1) is 6.92 Å². The summed E-state index contributed by atoms with van der Waals surface area (Å²) in [7, 11) is 0. The minimum atomic E-state index is -0.124. The summed E-state index contributed by atoms with van der Waals surface area (Å²) in [6.07, 6.45) is 6.79. The molecule has 0 aliphatic carbocycles. The van der Waals surface area contributed by atoms with Crippen LogP contribution in [0.5, 0.6) is 0 Å². The second kappa shape index (κ2) is 7.85. The van der Waals surface area contributed by atoms with Gasteiger partial charge >= 0.3 is 6.03 Å². The summed E-state index contributed by atoms with van der Waals surface area (Å²) in [5.74, 6) is 1.60. The van der Waals surface area contributed by atoms with Crippen molar-refractivity contribution in [3.63, 3.8) is 0 Å². The molecule has 9 heteroatoms. The summed E-state index contributed by atoms with van der Waals surface area (Å²) in [6.45, 7) is 4.54. The molecule has 0 bridgehead atoms. The highest BCUT2D eigenvalue weighted by atomic mass is 35.5. The number of nitrogens with one attached hydrogen (secondary N) is 1. The standard InChI is InChI=1S/C19H20ClN7O/c1-14-2-3-15(10-16(14)20)24-19(28)26-8-6-25(7-9-26)17-11-18(23-12-22-17)27-5-4-21-13-27/h2-5,10-13H,6-9H2,1H3,(H,24,28). The van der Waals surface area contributed by atoms with E-state index in [1.54, 1.807) is 29.8 Å². The molecule has 1 aliphatic heterocycles. The summed E-state index contributed by atoms with van der Waals surface area (Å²) >= 11 is 6.13. The lowest BCUT2D eigenvalue weighted by atomic mass is 10.2. The minimum absolute atomic E-state index is 0.124. The van der Waals surface area contributed by atoms with Crippen LogP contribution in [0.25, 0.3) is 5.82 Å². The van der Waals surface area contributed by atoms with Crippen molar-refractivity contribution < 1.29 is 4.79 Å². The van der Waals surface area contributed by atoms with E-state index in [1.165, 1.54) is 0 Å². The normalized spacial score (nSPS) is 14.2. The molecule has 8 nitrogen and oxygen atoms in total. The van der Waals surface area contributed by atoms with Crippen LogP contribution in [-0.2, 0) is 0 Å². The molecule has 4 rings (SSSR count). The maximum atomic E-state index is 12.5. The molecule has 2 aromatic heterocycles. The number of carbonyl (C=O) groups is 1. The van der Waals surface area contributed by atoms with Gasteiger partial charge in [-0.1, -0.05) is 17.7 Å². The molecule has 1 aromatic carbocycles. The highest BCUT2D eigenvalue weighted by Crippen LogP contribution is 2.21. The number of anilines is 2. The first-order chi connectivity index (χ1) is 13.6. The Kier molecular flexibility index (Phi) is 5.12. The topological polar surface area (TPSA) is 79.2 Å². The lowest BCUT2D eigenvalue weighted by Crippen LogP contribution is -2.50. The number of hydrogen-bond acceptors (Lipinski definition) is 5. The van der Waals surface area contributed by atoms with Crippen LogP contribution < -0.4 is 10.2 Å². The van der Waals surface area contributed by atoms with Gasteiger partial charge in [0, 0.05) is 55.3 Å². The Labute approximate surface area is 167 Å². The number of imidazole rings is 1. The fraction of sp³-hybridized carbons (Fsp3) is 0.263. The summed E-state index contributed by atoms with van der Waals surface area (Å²) in [6, 6.07) is 7.31. The Morgan fingerprint density at radius 2 is 1.89 bits per heavy atom. The first kappa shape index (κ1) is 18.2. The van der Waals surface area contributed by atoms with Crippen molar-refractivity contribution in [2.24, 2.45) is 0 Å². The third-order valence-corrected chi connectivity index (χ3v) is 5.13. The molecule has 1 N–H and O–H groups in total. The van der Waals surface area contributed by atoms with E-state index in [4.69, 9.17) is 11.6 Å². The SMILES string of the molecule is Cc1ccc(NC(=O)N2CCN(c3cc(-n4ccnc4)ncn3)CC2)cc1Cl. The molecule has 0 unspecified atom stereocenters. The third kappa shape index (κ3) is 3.91. The summed E-state index contributed by atoms with van der Waals surface area (Å²) < 4.78 is 1.83. The maximum Gasteiger partial charge on any atom is 0.321 e. The number of rotatable bonds is 3. The monoisotopic (exact) mass is 397 g/mol. The van der Waals surface area contributed by atoms with Gasteiger partial charge < -0.3 is 15.1 Å². The highest BCUT2D eigenvalue weighted by molar-refractivity contribution is 6.31. The Morgan fingerprint density at radius 1 is 1.11 bits per heavy atom. The zero-order chi connectivity index (χ0) is 19.5. The van der Waals surface area contributed by atoms with E-state index in [9.17, 15) is 4.79 Å². The Balaban J connectivity index is 1.37. The molecule has 0 atom stereocenters. The Morgan fingerprint density at radius 3 is 2.61 bits per heavy atom. The van der Waals surface area contributed by atoms with Crippen LogP contribution in [0.3, 0.4) is 0 Å². The van der Waals surface area contributed by atoms with E-state index < -0.39 is 0 Å². The number of nitrogens with zero attached hydrogens (tertiary/aromatic N) is 6.